The van der Waals surface area contributed by atoms with E-state index in [-0.39, 0.29) is 19.5 Å². The van der Waals surface area contributed by atoms with Gasteiger partial charge in [0.25, 0.3) is 0 Å². The summed E-state index contributed by atoms with van der Waals surface area (Å²) in [5.74, 6) is -0.686. The second kappa shape index (κ2) is 6.40. The van der Waals surface area contributed by atoms with Crippen molar-refractivity contribution in [3.63, 3.8) is 0 Å². The van der Waals surface area contributed by atoms with E-state index < -0.39 is 24.1 Å². The molecule has 0 saturated carbocycles. The van der Waals surface area contributed by atoms with Gasteiger partial charge >= 0.3 is 12.0 Å². The Kier molecular flexibility index (Phi) is 4.59. The number of amides is 2. The van der Waals surface area contributed by atoms with Crippen molar-refractivity contribution in [1.29, 1.82) is 0 Å². The summed E-state index contributed by atoms with van der Waals surface area (Å²) in [4.78, 5) is 28.2. The number of rotatable bonds is 4. The zero-order chi connectivity index (χ0) is 15.4. The normalized spacial score (nSPS) is 21.1. The van der Waals surface area contributed by atoms with E-state index in [0.717, 1.165) is 10.5 Å². The van der Waals surface area contributed by atoms with E-state index in [0.29, 0.717) is 5.88 Å². The minimum Gasteiger partial charge on any atom is -0.481 e. The van der Waals surface area contributed by atoms with Gasteiger partial charge < -0.3 is 25.2 Å². The molecule has 3 N–H and O–H groups in total. The van der Waals surface area contributed by atoms with Crippen LogP contribution in [0.4, 0.5) is 4.79 Å². The summed E-state index contributed by atoms with van der Waals surface area (Å²) >= 11 is 0. The second-order valence-corrected chi connectivity index (χ2v) is 4.76. The number of aliphatic hydroxyl groups excluding tert-OH is 1. The Labute approximate surface area is 121 Å². The van der Waals surface area contributed by atoms with Crippen LogP contribution in [0.5, 0.6) is 5.88 Å². The molecule has 8 heteroatoms. The van der Waals surface area contributed by atoms with Crippen molar-refractivity contribution in [3.8, 4) is 5.88 Å². The molecule has 0 aromatic carbocycles. The number of likely N-dealkylation sites (tertiary alicyclic amines) is 1. The third-order valence-corrected chi connectivity index (χ3v) is 3.28. The topological polar surface area (TPSA) is 112 Å². The highest BCUT2D eigenvalue weighted by Crippen LogP contribution is 2.18. The summed E-state index contributed by atoms with van der Waals surface area (Å²) in [6.45, 7) is 0.235. The summed E-state index contributed by atoms with van der Waals surface area (Å²) in [6, 6.07) is 1.88. The van der Waals surface area contributed by atoms with Gasteiger partial charge in [-0.25, -0.2) is 14.6 Å². The lowest BCUT2D eigenvalue weighted by Crippen LogP contribution is -2.45. The molecule has 1 aliphatic rings. The van der Waals surface area contributed by atoms with Gasteiger partial charge in [0, 0.05) is 31.8 Å². The van der Waals surface area contributed by atoms with E-state index in [4.69, 9.17) is 9.84 Å². The van der Waals surface area contributed by atoms with Crippen molar-refractivity contribution < 1.29 is 24.5 Å². The first kappa shape index (κ1) is 15.0. The minimum absolute atomic E-state index is 0.0163. The molecule has 21 heavy (non-hydrogen) atoms. The lowest BCUT2D eigenvalue weighted by Gasteiger charge is -2.21. The number of nitrogens with one attached hydrogen (secondary N) is 1. The van der Waals surface area contributed by atoms with Crippen molar-refractivity contribution in [2.75, 3.05) is 13.7 Å². The summed E-state index contributed by atoms with van der Waals surface area (Å²) in [5, 5.41) is 21.2. The van der Waals surface area contributed by atoms with Crippen LogP contribution in [0.3, 0.4) is 0 Å². The molecule has 2 rings (SSSR count). The number of pyridine rings is 1. The van der Waals surface area contributed by atoms with Gasteiger partial charge in [0.2, 0.25) is 5.88 Å². The van der Waals surface area contributed by atoms with Gasteiger partial charge in [-0.15, -0.1) is 0 Å². The van der Waals surface area contributed by atoms with Crippen LogP contribution in [0.2, 0.25) is 0 Å². The van der Waals surface area contributed by atoms with Gasteiger partial charge in [-0.3, -0.25) is 0 Å². The van der Waals surface area contributed by atoms with Crippen LogP contribution in [0.1, 0.15) is 12.0 Å². The zero-order valence-electron chi connectivity index (χ0n) is 11.5. The third-order valence-electron chi connectivity index (χ3n) is 3.28. The molecule has 2 heterocycles. The molecule has 0 aliphatic carbocycles. The number of aliphatic hydroxyl groups is 1. The fourth-order valence-electron chi connectivity index (χ4n) is 2.22. The maximum atomic E-state index is 12.0. The highest BCUT2D eigenvalue weighted by atomic mass is 16.5. The van der Waals surface area contributed by atoms with Gasteiger partial charge in [0.15, 0.2) is 0 Å². The molecule has 1 aromatic heterocycles. The number of nitrogens with zero attached hydrogens (tertiary/aromatic N) is 2. The first-order valence-electron chi connectivity index (χ1n) is 6.45. The Balaban J connectivity index is 1.96. The zero-order valence-corrected chi connectivity index (χ0v) is 11.5. The number of methoxy groups -OCH3 is 1. The Morgan fingerprint density at radius 2 is 2.33 bits per heavy atom. The molecule has 1 aromatic rings. The average Bonchev–Trinajstić information content (AvgIpc) is 2.87. The fraction of sp³-hybridized carbons (Fsp3) is 0.462. The van der Waals surface area contributed by atoms with Gasteiger partial charge in [-0.1, -0.05) is 0 Å². The molecule has 2 atom stereocenters. The van der Waals surface area contributed by atoms with Crippen LogP contribution in [0.25, 0.3) is 0 Å². The Morgan fingerprint density at radius 3 is 3.00 bits per heavy atom. The van der Waals surface area contributed by atoms with Gasteiger partial charge in [0.05, 0.1) is 13.2 Å². The molecule has 0 bridgehead atoms. The summed E-state index contributed by atoms with van der Waals surface area (Å²) in [7, 11) is 1.49. The Morgan fingerprint density at radius 1 is 1.57 bits per heavy atom. The highest BCUT2D eigenvalue weighted by Gasteiger charge is 2.38. The quantitative estimate of drug-likeness (QED) is 0.710. The highest BCUT2D eigenvalue weighted by molar-refractivity contribution is 5.83. The largest absolute Gasteiger partial charge is 0.481 e. The van der Waals surface area contributed by atoms with Crippen molar-refractivity contribution in [3.05, 3.63) is 23.9 Å². The maximum Gasteiger partial charge on any atom is 0.326 e. The van der Waals surface area contributed by atoms with E-state index in [1.165, 1.54) is 7.11 Å². The summed E-state index contributed by atoms with van der Waals surface area (Å²) in [5.41, 5.74) is 0.779. The Hall–Kier alpha value is -2.35. The molecular formula is C13H17N3O5. The van der Waals surface area contributed by atoms with Crippen molar-refractivity contribution >= 4 is 12.0 Å². The minimum atomic E-state index is -1.12. The van der Waals surface area contributed by atoms with Crippen LogP contribution >= 0.6 is 0 Å². The Bertz CT molecular complexity index is 536. The number of aliphatic carboxylic acids is 1. The number of aromatic nitrogens is 1. The van der Waals surface area contributed by atoms with Gasteiger partial charge in [-0.2, -0.15) is 0 Å². The predicted octanol–water partition coefficient (Wildman–Crippen LogP) is -0.180. The summed E-state index contributed by atoms with van der Waals surface area (Å²) < 4.78 is 4.98. The van der Waals surface area contributed by atoms with E-state index in [1.807, 2.05) is 0 Å². The molecule has 1 saturated heterocycles. The third kappa shape index (κ3) is 3.60. The molecule has 114 valence electrons. The standard InChI is InChI=1S/C13H17N3O5/c1-21-11-4-8(2-3-14-11)6-15-13(20)16-7-9(17)5-10(16)12(18)19/h2-4,9-10,17H,5-7H2,1H3,(H,15,20)(H,18,19)/t9-,10+/m1/s1. The summed E-state index contributed by atoms with van der Waals surface area (Å²) in [6.07, 6.45) is 0.795. The molecule has 0 unspecified atom stereocenters. The van der Waals surface area contributed by atoms with Crippen LogP contribution in [-0.2, 0) is 11.3 Å². The van der Waals surface area contributed by atoms with Crippen LogP contribution in [-0.4, -0.2) is 57.9 Å². The number of carboxylic acid groups (broad SMARTS) is 1. The van der Waals surface area contributed by atoms with E-state index in [9.17, 15) is 14.7 Å². The molecule has 0 spiro atoms. The smallest absolute Gasteiger partial charge is 0.326 e. The van der Waals surface area contributed by atoms with E-state index >= 15 is 0 Å². The molecule has 0 radical (unpaired) electrons. The number of hydrogen-bond donors (Lipinski definition) is 3. The number of hydrogen-bond acceptors (Lipinski definition) is 5. The number of carbonyl (C=O) groups is 2. The predicted molar refractivity (Wildman–Crippen MR) is 71.8 cm³/mol. The number of β-amino-alcohol motifs (C(OH)–C–C–N with tert-alkyl or cyclic N) is 1. The van der Waals surface area contributed by atoms with Gasteiger partial charge in [0.1, 0.15) is 6.04 Å². The molecule has 2 amide bonds. The van der Waals surface area contributed by atoms with Crippen molar-refractivity contribution in [2.24, 2.45) is 0 Å². The average molecular weight is 295 g/mol. The number of carbonyl (C=O) groups excluding carboxylic acids is 1. The first-order chi connectivity index (χ1) is 10.0. The monoisotopic (exact) mass is 295 g/mol. The maximum absolute atomic E-state index is 12.0. The number of carboxylic acids is 1. The fourth-order valence-corrected chi connectivity index (χ4v) is 2.22. The van der Waals surface area contributed by atoms with Crippen molar-refractivity contribution in [1.82, 2.24) is 15.2 Å². The number of urea groups is 1. The lowest BCUT2D eigenvalue weighted by atomic mass is 10.2. The van der Waals surface area contributed by atoms with E-state index in [1.54, 1.807) is 18.3 Å². The molecule has 8 nitrogen and oxygen atoms in total. The SMILES string of the molecule is COc1cc(CNC(=O)N2C[C@H](O)C[C@H]2C(=O)O)ccn1. The van der Waals surface area contributed by atoms with Crippen molar-refractivity contribution in [2.45, 2.75) is 25.1 Å². The molecular weight excluding hydrogens is 278 g/mol. The van der Waals surface area contributed by atoms with Crippen LogP contribution < -0.4 is 10.1 Å². The first-order valence-corrected chi connectivity index (χ1v) is 6.45. The molecule has 1 aliphatic heterocycles. The molecule has 1 fully saturated rings. The van der Waals surface area contributed by atoms with E-state index in [2.05, 4.69) is 10.3 Å². The lowest BCUT2D eigenvalue weighted by molar-refractivity contribution is -0.141. The number of ether oxygens (including phenoxy) is 1. The van der Waals surface area contributed by atoms with Crippen LogP contribution in [0, 0.1) is 0 Å². The van der Waals surface area contributed by atoms with Gasteiger partial charge in [-0.05, 0) is 11.6 Å². The van der Waals surface area contributed by atoms with Crippen LogP contribution in [0.15, 0.2) is 18.3 Å². The second-order valence-electron chi connectivity index (χ2n) is 4.76.